The molecular weight excluding hydrogens is 224 g/mol. The predicted octanol–water partition coefficient (Wildman–Crippen LogP) is 2.76. The van der Waals surface area contributed by atoms with Crippen LogP contribution in [0.4, 0.5) is 5.95 Å². The van der Waals surface area contributed by atoms with Crippen molar-refractivity contribution in [2.75, 3.05) is 5.73 Å². The molecule has 2 atom stereocenters. The molecule has 2 aromatic heterocycles. The van der Waals surface area contributed by atoms with Crippen LogP contribution in [0.2, 0.25) is 0 Å². The summed E-state index contributed by atoms with van der Waals surface area (Å²) in [6, 6.07) is 2.05. The van der Waals surface area contributed by atoms with Gasteiger partial charge in [-0.05, 0) is 36.8 Å². The van der Waals surface area contributed by atoms with Crippen LogP contribution in [-0.2, 0) is 6.54 Å². The van der Waals surface area contributed by atoms with Gasteiger partial charge in [-0.15, -0.1) is 0 Å². The van der Waals surface area contributed by atoms with Crippen molar-refractivity contribution in [3.63, 3.8) is 0 Å². The first kappa shape index (κ1) is 11.5. The summed E-state index contributed by atoms with van der Waals surface area (Å²) in [4.78, 5) is 8.91. The molecule has 0 amide bonds. The largest absolute Gasteiger partial charge is 0.369 e. The molecule has 18 heavy (non-hydrogen) atoms. The number of anilines is 1. The first-order chi connectivity index (χ1) is 8.65. The molecule has 2 unspecified atom stereocenters. The number of nitrogens with two attached hydrogens (primary N) is 1. The van der Waals surface area contributed by atoms with Gasteiger partial charge in [0.15, 0.2) is 5.65 Å². The summed E-state index contributed by atoms with van der Waals surface area (Å²) < 4.78 is 2.08. The molecule has 0 saturated heterocycles. The van der Waals surface area contributed by atoms with E-state index in [-0.39, 0.29) is 0 Å². The number of pyridine rings is 1. The van der Waals surface area contributed by atoms with Crippen LogP contribution in [0.5, 0.6) is 0 Å². The Morgan fingerprint density at radius 1 is 1.44 bits per heavy atom. The van der Waals surface area contributed by atoms with Gasteiger partial charge in [-0.2, -0.15) is 0 Å². The Balaban J connectivity index is 1.98. The van der Waals surface area contributed by atoms with E-state index in [0.717, 1.165) is 29.2 Å². The molecule has 1 aliphatic carbocycles. The molecule has 3 rings (SSSR count). The number of imidazole rings is 1. The molecule has 0 spiro atoms. The quantitative estimate of drug-likeness (QED) is 0.883. The molecule has 0 aliphatic heterocycles. The van der Waals surface area contributed by atoms with Crippen LogP contribution in [-0.4, -0.2) is 14.5 Å². The van der Waals surface area contributed by atoms with Crippen molar-refractivity contribution in [2.24, 2.45) is 11.8 Å². The van der Waals surface area contributed by atoms with E-state index in [0.29, 0.717) is 11.9 Å². The van der Waals surface area contributed by atoms with E-state index >= 15 is 0 Å². The minimum absolute atomic E-state index is 0.599. The zero-order chi connectivity index (χ0) is 12.7. The molecule has 2 N–H and O–H groups in total. The summed E-state index contributed by atoms with van der Waals surface area (Å²) >= 11 is 0. The minimum atomic E-state index is 0.599. The maximum atomic E-state index is 6.04. The zero-order valence-corrected chi connectivity index (χ0v) is 11.1. The van der Waals surface area contributed by atoms with Crippen LogP contribution >= 0.6 is 0 Å². The highest BCUT2D eigenvalue weighted by atomic mass is 15.2. The van der Waals surface area contributed by atoms with Gasteiger partial charge in [0.2, 0.25) is 5.95 Å². The van der Waals surface area contributed by atoms with Crippen molar-refractivity contribution in [2.45, 2.75) is 39.7 Å². The van der Waals surface area contributed by atoms with Gasteiger partial charge in [0.05, 0.1) is 0 Å². The molecule has 2 heterocycles. The number of aromatic nitrogens is 3. The topological polar surface area (TPSA) is 56.7 Å². The molecule has 4 nitrogen and oxygen atoms in total. The normalized spacial score (nSPS) is 23.9. The zero-order valence-electron chi connectivity index (χ0n) is 11.1. The fraction of sp³-hybridized carbons (Fsp3) is 0.571. The first-order valence-corrected chi connectivity index (χ1v) is 6.73. The second kappa shape index (κ2) is 4.26. The van der Waals surface area contributed by atoms with Crippen LogP contribution in [0, 0.1) is 18.8 Å². The van der Waals surface area contributed by atoms with Crippen molar-refractivity contribution < 1.29 is 0 Å². The predicted molar refractivity (Wildman–Crippen MR) is 73.2 cm³/mol. The summed E-state index contributed by atoms with van der Waals surface area (Å²) in [7, 11) is 0. The maximum absolute atomic E-state index is 6.04. The Kier molecular flexibility index (Phi) is 2.73. The van der Waals surface area contributed by atoms with Crippen molar-refractivity contribution in [1.29, 1.82) is 0 Å². The molecular formula is C14H20N4. The lowest BCUT2D eigenvalue weighted by Gasteiger charge is -2.16. The molecule has 0 aromatic carbocycles. The number of aryl methyl sites for hydroxylation is 1. The van der Waals surface area contributed by atoms with Crippen LogP contribution in [0.15, 0.2) is 12.3 Å². The standard InChI is InChI=1S/C14H20N4/c1-9-6-12-13(16-7-9)18(14(15)17-12)8-11-5-3-4-10(11)2/h6-7,10-11H,3-5,8H2,1-2H3,(H2,15,17). The summed E-state index contributed by atoms with van der Waals surface area (Å²) in [6.07, 6.45) is 5.86. The Hall–Kier alpha value is -1.58. The van der Waals surface area contributed by atoms with Gasteiger partial charge in [0.1, 0.15) is 5.52 Å². The highest BCUT2D eigenvalue weighted by Gasteiger charge is 2.25. The Morgan fingerprint density at radius 2 is 2.28 bits per heavy atom. The summed E-state index contributed by atoms with van der Waals surface area (Å²) in [5, 5.41) is 0. The lowest BCUT2D eigenvalue weighted by Crippen LogP contribution is -2.15. The Labute approximate surface area is 107 Å². The van der Waals surface area contributed by atoms with E-state index in [1.54, 1.807) is 0 Å². The molecule has 1 fully saturated rings. The second-order valence-corrected chi connectivity index (χ2v) is 5.60. The van der Waals surface area contributed by atoms with Gasteiger partial charge >= 0.3 is 0 Å². The van der Waals surface area contributed by atoms with E-state index in [4.69, 9.17) is 5.73 Å². The highest BCUT2D eigenvalue weighted by Crippen LogP contribution is 2.33. The maximum Gasteiger partial charge on any atom is 0.202 e. The third-order valence-electron chi connectivity index (χ3n) is 4.21. The summed E-state index contributed by atoms with van der Waals surface area (Å²) in [5.41, 5.74) is 9.01. The average molecular weight is 244 g/mol. The molecule has 96 valence electrons. The van der Waals surface area contributed by atoms with Crippen LogP contribution < -0.4 is 5.73 Å². The molecule has 0 bridgehead atoms. The minimum Gasteiger partial charge on any atom is -0.369 e. The summed E-state index contributed by atoms with van der Waals surface area (Å²) in [6.45, 7) is 5.32. The van der Waals surface area contributed by atoms with Crippen LogP contribution in [0.25, 0.3) is 11.2 Å². The van der Waals surface area contributed by atoms with E-state index in [2.05, 4.69) is 21.5 Å². The second-order valence-electron chi connectivity index (χ2n) is 5.60. The lowest BCUT2D eigenvalue weighted by atomic mass is 9.98. The van der Waals surface area contributed by atoms with Gasteiger partial charge in [0, 0.05) is 12.7 Å². The number of fused-ring (bicyclic) bond motifs is 1. The Bertz CT molecular complexity index is 572. The summed E-state index contributed by atoms with van der Waals surface area (Å²) in [5.74, 6) is 2.10. The van der Waals surface area contributed by atoms with Crippen molar-refractivity contribution in [3.8, 4) is 0 Å². The molecule has 0 radical (unpaired) electrons. The third-order valence-corrected chi connectivity index (χ3v) is 4.21. The first-order valence-electron chi connectivity index (χ1n) is 6.73. The fourth-order valence-electron chi connectivity index (χ4n) is 3.04. The van der Waals surface area contributed by atoms with E-state index in [1.807, 2.05) is 19.2 Å². The van der Waals surface area contributed by atoms with Gasteiger partial charge in [0.25, 0.3) is 0 Å². The SMILES string of the molecule is Cc1cnc2c(c1)nc(N)n2CC1CCCC1C. The molecule has 1 saturated carbocycles. The molecule has 4 heteroatoms. The van der Waals surface area contributed by atoms with E-state index in [9.17, 15) is 0 Å². The monoisotopic (exact) mass is 244 g/mol. The number of hydrogen-bond acceptors (Lipinski definition) is 3. The highest BCUT2D eigenvalue weighted by molar-refractivity contribution is 5.74. The average Bonchev–Trinajstić information content (AvgIpc) is 2.85. The molecule has 2 aromatic rings. The number of nitrogen functional groups attached to an aromatic ring is 1. The van der Waals surface area contributed by atoms with E-state index < -0.39 is 0 Å². The van der Waals surface area contributed by atoms with Gasteiger partial charge in [-0.1, -0.05) is 19.8 Å². The van der Waals surface area contributed by atoms with Crippen molar-refractivity contribution >= 4 is 17.1 Å². The van der Waals surface area contributed by atoms with Crippen molar-refractivity contribution in [1.82, 2.24) is 14.5 Å². The Morgan fingerprint density at radius 3 is 3.00 bits per heavy atom. The molecule has 1 aliphatic rings. The van der Waals surface area contributed by atoms with Crippen LogP contribution in [0.1, 0.15) is 31.7 Å². The van der Waals surface area contributed by atoms with Crippen LogP contribution in [0.3, 0.4) is 0 Å². The number of nitrogens with zero attached hydrogens (tertiary/aromatic N) is 3. The van der Waals surface area contributed by atoms with Gasteiger partial charge in [-0.3, -0.25) is 4.57 Å². The third kappa shape index (κ3) is 1.85. The van der Waals surface area contributed by atoms with Gasteiger partial charge < -0.3 is 5.73 Å². The van der Waals surface area contributed by atoms with Gasteiger partial charge in [-0.25, -0.2) is 9.97 Å². The fourth-order valence-corrected chi connectivity index (χ4v) is 3.04. The number of rotatable bonds is 2. The lowest BCUT2D eigenvalue weighted by molar-refractivity contribution is 0.369. The van der Waals surface area contributed by atoms with Crippen molar-refractivity contribution in [3.05, 3.63) is 17.8 Å². The van der Waals surface area contributed by atoms with E-state index in [1.165, 1.54) is 19.3 Å². The smallest absolute Gasteiger partial charge is 0.202 e. The number of hydrogen-bond donors (Lipinski definition) is 1.